The van der Waals surface area contributed by atoms with Gasteiger partial charge in [0.15, 0.2) is 0 Å². The fourth-order valence-electron chi connectivity index (χ4n) is 1.55. The van der Waals surface area contributed by atoms with Gasteiger partial charge in [-0.05, 0) is 26.0 Å². The summed E-state index contributed by atoms with van der Waals surface area (Å²) in [5.74, 6) is 0. The van der Waals surface area contributed by atoms with Crippen LogP contribution in [-0.4, -0.2) is 15.7 Å². The number of hydrazone groups is 1. The highest BCUT2D eigenvalue weighted by atomic mass is 32.1. The molecule has 2 aromatic rings. The predicted molar refractivity (Wildman–Crippen MR) is 85.6 cm³/mol. The molecular weight excluding hydrogens is 268 g/mol. The third-order valence-electron chi connectivity index (χ3n) is 2.92. The van der Waals surface area contributed by atoms with Crippen molar-refractivity contribution in [3.63, 3.8) is 0 Å². The van der Waals surface area contributed by atoms with Gasteiger partial charge in [-0.15, -0.1) is 11.3 Å². The first-order chi connectivity index (χ1) is 9.36. The van der Waals surface area contributed by atoms with Gasteiger partial charge in [-0.25, -0.2) is 4.98 Å². The molecule has 0 bridgehead atoms. The molecule has 2 rings (SSSR count). The highest BCUT2D eigenvalue weighted by Gasteiger charge is 2.17. The summed E-state index contributed by atoms with van der Waals surface area (Å²) in [7, 11) is 0. The van der Waals surface area contributed by atoms with Gasteiger partial charge >= 0.3 is 0 Å². The van der Waals surface area contributed by atoms with E-state index >= 15 is 0 Å². The lowest BCUT2D eigenvalue weighted by atomic mass is 9.93. The summed E-state index contributed by atoms with van der Waals surface area (Å²) in [5, 5.41) is 7.25. The van der Waals surface area contributed by atoms with Gasteiger partial charge in [-0.1, -0.05) is 20.8 Å². The zero-order valence-electron chi connectivity index (χ0n) is 12.6. The molecular formula is C15H20N4S. The van der Waals surface area contributed by atoms with Crippen LogP contribution in [0.15, 0.2) is 28.8 Å². The normalized spacial score (nSPS) is 12.6. The number of anilines is 1. The van der Waals surface area contributed by atoms with E-state index in [2.05, 4.69) is 46.6 Å². The largest absolute Gasteiger partial charge is 0.261 e. The Kier molecular flexibility index (Phi) is 4.18. The first-order valence-corrected chi connectivity index (χ1v) is 7.43. The van der Waals surface area contributed by atoms with E-state index in [0.717, 1.165) is 27.8 Å². The molecule has 106 valence electrons. The molecule has 0 saturated heterocycles. The van der Waals surface area contributed by atoms with Gasteiger partial charge in [0.1, 0.15) is 0 Å². The Balaban J connectivity index is 2.09. The summed E-state index contributed by atoms with van der Waals surface area (Å²) in [6, 6.07) is 4.00. The van der Waals surface area contributed by atoms with Crippen LogP contribution in [0.4, 0.5) is 5.13 Å². The van der Waals surface area contributed by atoms with Crippen LogP contribution in [0.3, 0.4) is 0 Å². The van der Waals surface area contributed by atoms with E-state index in [4.69, 9.17) is 0 Å². The number of hydrogen-bond donors (Lipinski definition) is 1. The van der Waals surface area contributed by atoms with E-state index in [1.165, 1.54) is 0 Å². The number of nitrogens with zero attached hydrogens (tertiary/aromatic N) is 3. The third-order valence-corrected chi connectivity index (χ3v) is 3.67. The van der Waals surface area contributed by atoms with Crippen LogP contribution in [0.5, 0.6) is 0 Å². The maximum atomic E-state index is 4.55. The third kappa shape index (κ3) is 3.63. The van der Waals surface area contributed by atoms with Gasteiger partial charge in [0.2, 0.25) is 5.13 Å². The van der Waals surface area contributed by atoms with Crippen molar-refractivity contribution in [1.82, 2.24) is 9.97 Å². The summed E-state index contributed by atoms with van der Waals surface area (Å²) >= 11 is 1.57. The summed E-state index contributed by atoms with van der Waals surface area (Å²) < 4.78 is 0. The number of thiazole rings is 1. The number of aromatic nitrogens is 2. The van der Waals surface area contributed by atoms with Crippen molar-refractivity contribution in [1.29, 1.82) is 0 Å². The lowest BCUT2D eigenvalue weighted by Gasteiger charge is -2.13. The van der Waals surface area contributed by atoms with Crippen molar-refractivity contribution < 1.29 is 0 Å². The highest BCUT2D eigenvalue weighted by molar-refractivity contribution is 7.13. The molecule has 2 aromatic heterocycles. The van der Waals surface area contributed by atoms with Gasteiger partial charge in [0.05, 0.1) is 11.4 Å². The van der Waals surface area contributed by atoms with E-state index in [1.807, 2.05) is 32.2 Å². The second kappa shape index (κ2) is 5.71. The van der Waals surface area contributed by atoms with Crippen LogP contribution in [-0.2, 0) is 5.41 Å². The van der Waals surface area contributed by atoms with E-state index < -0.39 is 0 Å². The molecule has 0 aliphatic rings. The van der Waals surface area contributed by atoms with Gasteiger partial charge in [0.25, 0.3) is 0 Å². The second-order valence-corrected chi connectivity index (χ2v) is 6.64. The van der Waals surface area contributed by atoms with E-state index in [9.17, 15) is 0 Å². The molecule has 2 heterocycles. The van der Waals surface area contributed by atoms with Crippen LogP contribution < -0.4 is 5.43 Å². The average Bonchev–Trinajstić information content (AvgIpc) is 2.85. The molecule has 0 atom stereocenters. The predicted octanol–water partition coefficient (Wildman–Crippen LogP) is 3.98. The molecule has 0 aromatic carbocycles. The summed E-state index contributed by atoms with van der Waals surface area (Å²) in [5.41, 5.74) is 7.07. The van der Waals surface area contributed by atoms with Crippen LogP contribution >= 0.6 is 11.3 Å². The molecule has 0 radical (unpaired) electrons. The van der Waals surface area contributed by atoms with Crippen molar-refractivity contribution >= 4 is 22.2 Å². The summed E-state index contributed by atoms with van der Waals surface area (Å²) in [4.78, 5) is 8.82. The van der Waals surface area contributed by atoms with Gasteiger partial charge in [-0.3, -0.25) is 10.4 Å². The number of nitrogens with one attached hydrogen (secondary N) is 1. The molecule has 20 heavy (non-hydrogen) atoms. The zero-order valence-corrected chi connectivity index (χ0v) is 13.4. The number of aryl methyl sites for hydroxylation is 1. The maximum Gasteiger partial charge on any atom is 0.203 e. The Morgan fingerprint density at radius 1 is 1.30 bits per heavy atom. The van der Waals surface area contributed by atoms with Crippen molar-refractivity contribution in [2.24, 2.45) is 5.10 Å². The zero-order chi connectivity index (χ0) is 14.8. The Bertz CT molecular complexity index is 606. The van der Waals surface area contributed by atoms with Crippen LogP contribution in [0.2, 0.25) is 0 Å². The number of hydrogen-bond acceptors (Lipinski definition) is 5. The lowest BCUT2D eigenvalue weighted by Crippen LogP contribution is -2.11. The summed E-state index contributed by atoms with van der Waals surface area (Å²) in [6.45, 7) is 10.4. The molecule has 0 spiro atoms. The first kappa shape index (κ1) is 14.7. The minimum Gasteiger partial charge on any atom is -0.261 e. The van der Waals surface area contributed by atoms with Gasteiger partial charge < -0.3 is 0 Å². The lowest BCUT2D eigenvalue weighted by molar-refractivity contribution is 0.573. The Labute approximate surface area is 124 Å². The molecule has 0 amide bonds. The fourth-order valence-corrected chi connectivity index (χ4v) is 2.43. The molecule has 5 heteroatoms. The SMILES string of the molecule is CC(=NNc1nc(C(C)(C)C)cs1)c1ccc(C)nc1. The van der Waals surface area contributed by atoms with Crippen molar-refractivity contribution in [3.05, 3.63) is 40.7 Å². The average molecular weight is 288 g/mol. The fraction of sp³-hybridized carbons (Fsp3) is 0.400. The Hall–Kier alpha value is -1.75. The van der Waals surface area contributed by atoms with E-state index in [0.29, 0.717) is 0 Å². The second-order valence-electron chi connectivity index (χ2n) is 5.79. The monoisotopic (exact) mass is 288 g/mol. The maximum absolute atomic E-state index is 4.55. The minimum absolute atomic E-state index is 0.0655. The van der Waals surface area contributed by atoms with Crippen LogP contribution in [0.1, 0.15) is 44.6 Å². The van der Waals surface area contributed by atoms with Crippen molar-refractivity contribution in [3.8, 4) is 0 Å². The molecule has 0 saturated carbocycles. The minimum atomic E-state index is 0.0655. The smallest absolute Gasteiger partial charge is 0.203 e. The standard InChI is InChI=1S/C15H20N4S/c1-10-6-7-12(8-16-10)11(2)18-19-14-17-13(9-20-14)15(3,4)5/h6-9H,1-5H3,(H,17,19). The van der Waals surface area contributed by atoms with Gasteiger partial charge in [-0.2, -0.15) is 5.10 Å². The molecule has 0 aliphatic carbocycles. The summed E-state index contributed by atoms with van der Waals surface area (Å²) in [6.07, 6.45) is 1.83. The van der Waals surface area contributed by atoms with E-state index in [-0.39, 0.29) is 5.41 Å². The topological polar surface area (TPSA) is 50.2 Å². The number of rotatable bonds is 3. The Morgan fingerprint density at radius 3 is 2.60 bits per heavy atom. The van der Waals surface area contributed by atoms with Crippen molar-refractivity contribution in [2.45, 2.75) is 40.0 Å². The van der Waals surface area contributed by atoms with Crippen LogP contribution in [0.25, 0.3) is 0 Å². The highest BCUT2D eigenvalue weighted by Crippen LogP contribution is 2.26. The molecule has 0 aliphatic heterocycles. The van der Waals surface area contributed by atoms with E-state index in [1.54, 1.807) is 11.3 Å². The molecule has 0 fully saturated rings. The van der Waals surface area contributed by atoms with Crippen molar-refractivity contribution in [2.75, 3.05) is 5.43 Å². The van der Waals surface area contributed by atoms with Crippen LogP contribution in [0, 0.1) is 6.92 Å². The molecule has 0 unspecified atom stereocenters. The molecule has 1 N–H and O–H groups in total. The number of pyridine rings is 1. The Morgan fingerprint density at radius 2 is 2.05 bits per heavy atom. The quantitative estimate of drug-likeness (QED) is 0.686. The van der Waals surface area contributed by atoms with Gasteiger partial charge in [0, 0.05) is 28.2 Å². The molecule has 4 nitrogen and oxygen atoms in total. The first-order valence-electron chi connectivity index (χ1n) is 6.55.